The minimum atomic E-state index is -1.50. The van der Waals surface area contributed by atoms with Crippen LogP contribution in [-0.4, -0.2) is 90.4 Å². The monoisotopic (exact) mass is 912 g/mol. The van der Waals surface area contributed by atoms with E-state index < -0.39 is 30.1 Å². The predicted octanol–water partition coefficient (Wildman–Crippen LogP) is 10.4. The summed E-state index contributed by atoms with van der Waals surface area (Å²) in [5.74, 6) is -0.504. The van der Waals surface area contributed by atoms with Crippen molar-refractivity contribution in [2.24, 2.45) is 22.9 Å². The van der Waals surface area contributed by atoms with Crippen molar-refractivity contribution in [1.29, 1.82) is 0 Å². The molecule has 3 aromatic rings. The van der Waals surface area contributed by atoms with Crippen LogP contribution >= 0.6 is 11.8 Å². The first kappa shape index (κ1) is 48.3. The van der Waals surface area contributed by atoms with Gasteiger partial charge in [-0.15, -0.1) is 24.9 Å². The Hall–Kier alpha value is -4.66. The van der Waals surface area contributed by atoms with Crippen LogP contribution < -0.4 is 9.47 Å². The Morgan fingerprint density at radius 1 is 0.969 bits per heavy atom. The van der Waals surface area contributed by atoms with Crippen LogP contribution in [0.25, 0.3) is 0 Å². The fourth-order valence-electron chi connectivity index (χ4n) is 9.89. The zero-order valence-electron chi connectivity index (χ0n) is 37.4. The van der Waals surface area contributed by atoms with Crippen LogP contribution in [0.1, 0.15) is 87.7 Å². The summed E-state index contributed by atoms with van der Waals surface area (Å²) in [5.41, 5.74) is 3.21. The van der Waals surface area contributed by atoms with Gasteiger partial charge in [-0.3, -0.25) is 4.90 Å². The number of unbranched alkanes of at least 4 members (excludes halogenated alkanes) is 2. The van der Waals surface area contributed by atoms with E-state index >= 15 is 0 Å². The fraction of sp³-hybridized carbons (Fsp3) is 0.500. The van der Waals surface area contributed by atoms with Crippen LogP contribution in [0.3, 0.4) is 0 Å². The van der Waals surface area contributed by atoms with Crippen molar-refractivity contribution in [3.63, 3.8) is 0 Å². The van der Waals surface area contributed by atoms with Gasteiger partial charge in [-0.1, -0.05) is 66.6 Å². The number of aliphatic hydroxyl groups is 2. The number of ether oxygens (including phenoxy) is 5. The molecule has 65 heavy (non-hydrogen) atoms. The molecule has 2 aliphatic carbocycles. The number of benzene rings is 3. The Labute approximate surface area is 387 Å². The lowest BCUT2D eigenvalue weighted by molar-refractivity contribution is -0.256. The summed E-state index contributed by atoms with van der Waals surface area (Å²) in [6.45, 7) is 9.37. The highest BCUT2D eigenvalue weighted by Gasteiger charge is 2.65. The summed E-state index contributed by atoms with van der Waals surface area (Å²) in [4.78, 5) is 23.8. The molecule has 0 radical (unpaired) electrons. The number of allylic oxidation sites excluding steroid dienone is 1. The lowest BCUT2D eigenvalue weighted by atomic mass is 9.55. The van der Waals surface area contributed by atoms with E-state index in [2.05, 4.69) is 37.4 Å². The van der Waals surface area contributed by atoms with E-state index in [1.807, 2.05) is 30.3 Å². The highest BCUT2D eigenvalue weighted by Crippen LogP contribution is 2.62. The van der Waals surface area contributed by atoms with Crippen LogP contribution in [-0.2, 0) is 25.6 Å². The Morgan fingerprint density at radius 3 is 2.51 bits per heavy atom. The SMILES string of the molecule is C=CCCOC(=O)N(Cc1ccc(F)cc1)C1CC(=NOC2CCCCO2)C2=CC(CCCCO)C(CCCCO)C3c4cc(OCCSc5ccccc5)ccc4OC1(OCC=C)C23. The van der Waals surface area contributed by atoms with Crippen molar-refractivity contribution >= 4 is 23.6 Å². The third-order valence-corrected chi connectivity index (χ3v) is 13.8. The molecule has 1 saturated carbocycles. The number of halogens is 1. The number of thioether (sulfide) groups is 1. The van der Waals surface area contributed by atoms with Gasteiger partial charge in [0.2, 0.25) is 12.1 Å². The first-order chi connectivity index (χ1) is 31.9. The summed E-state index contributed by atoms with van der Waals surface area (Å²) in [6.07, 6.45) is 12.3. The summed E-state index contributed by atoms with van der Waals surface area (Å²) in [6, 6.07) is 21.5. The van der Waals surface area contributed by atoms with Crippen LogP contribution in [0.15, 0.2) is 120 Å². The molecule has 0 spiro atoms. The fourth-order valence-corrected chi connectivity index (χ4v) is 10.6. The topological polar surface area (TPSA) is 129 Å². The molecule has 2 heterocycles. The van der Waals surface area contributed by atoms with E-state index in [1.165, 1.54) is 17.0 Å². The van der Waals surface area contributed by atoms with E-state index in [1.54, 1.807) is 40.9 Å². The number of nitrogens with zero attached hydrogens (tertiary/aromatic N) is 2. The number of amides is 1. The second kappa shape index (κ2) is 24.2. The highest BCUT2D eigenvalue weighted by molar-refractivity contribution is 7.99. The van der Waals surface area contributed by atoms with Crippen LogP contribution in [0.5, 0.6) is 11.5 Å². The van der Waals surface area contributed by atoms with Gasteiger partial charge in [-0.25, -0.2) is 9.18 Å². The van der Waals surface area contributed by atoms with E-state index in [-0.39, 0.29) is 63.0 Å². The molecule has 1 saturated heterocycles. The average molecular weight is 913 g/mol. The number of aliphatic hydroxyl groups excluding tert-OH is 2. The van der Waals surface area contributed by atoms with E-state index in [4.69, 9.17) is 33.7 Å². The third-order valence-electron chi connectivity index (χ3n) is 12.9. The second-order valence-electron chi connectivity index (χ2n) is 17.1. The largest absolute Gasteiger partial charge is 0.493 e. The van der Waals surface area contributed by atoms with E-state index in [0.717, 1.165) is 55.4 Å². The van der Waals surface area contributed by atoms with Gasteiger partial charge in [0.05, 0.1) is 38.1 Å². The Kier molecular flexibility index (Phi) is 18.0. The summed E-state index contributed by atoms with van der Waals surface area (Å²) in [5, 5.41) is 24.9. The number of oxime groups is 1. The molecule has 7 rings (SSSR count). The lowest BCUT2D eigenvalue weighted by Gasteiger charge is -2.60. The molecule has 7 unspecified atom stereocenters. The van der Waals surface area contributed by atoms with Crippen LogP contribution in [0.4, 0.5) is 9.18 Å². The van der Waals surface area contributed by atoms with E-state index in [9.17, 15) is 19.4 Å². The Bertz CT molecular complexity index is 2060. The predicted molar refractivity (Wildman–Crippen MR) is 250 cm³/mol. The number of carbonyl (C=O) groups is 1. The molecule has 2 aliphatic heterocycles. The minimum absolute atomic E-state index is 0.0277. The van der Waals surface area contributed by atoms with Crippen molar-refractivity contribution < 1.29 is 47.9 Å². The Morgan fingerprint density at radius 2 is 1.77 bits per heavy atom. The standard InChI is InChI=1S/C52H65FN2O9S/c1-3-5-29-61-51(58)55(36-37-20-22-39(53)23-21-37)47-35-45(54-64-48-19-11-14-30-60-48)43-33-38(15-9-12-26-56)42(18-10-13-27-57)49-44-34-40(59-31-32-65-41-16-7-6-8-17-41)24-25-46(44)63-52(47,50(43)49)62-28-4-2/h3-4,6-8,16-17,20-25,33-34,38,42,47-50,56-57H,1-2,5,9-15,18-19,26-32,35-36H2. The molecule has 350 valence electrons. The summed E-state index contributed by atoms with van der Waals surface area (Å²) < 4.78 is 47.3. The molecule has 13 heteroatoms. The first-order valence-electron chi connectivity index (χ1n) is 23.3. The molecule has 0 bridgehead atoms. The Balaban J connectivity index is 1.39. The van der Waals surface area contributed by atoms with Gasteiger partial charge in [0, 0.05) is 54.7 Å². The number of hydrogen-bond donors (Lipinski definition) is 2. The average Bonchev–Trinajstić information content (AvgIpc) is 3.33. The highest BCUT2D eigenvalue weighted by atomic mass is 32.2. The van der Waals surface area contributed by atoms with Gasteiger partial charge in [0.25, 0.3) is 0 Å². The quantitative estimate of drug-likeness (QED) is 0.0388. The van der Waals surface area contributed by atoms with Gasteiger partial charge < -0.3 is 38.7 Å². The summed E-state index contributed by atoms with van der Waals surface area (Å²) >= 11 is 1.73. The van der Waals surface area contributed by atoms with Crippen LogP contribution in [0, 0.1) is 23.6 Å². The normalized spacial score (nSPS) is 25.0. The molecular formula is C52H65FN2O9S. The molecule has 2 fully saturated rings. The summed E-state index contributed by atoms with van der Waals surface area (Å²) in [7, 11) is 0. The second-order valence-corrected chi connectivity index (χ2v) is 18.3. The van der Waals surface area contributed by atoms with Crippen molar-refractivity contribution in [2.45, 2.75) is 106 Å². The number of rotatable bonds is 24. The maximum Gasteiger partial charge on any atom is 0.410 e. The third kappa shape index (κ3) is 12.0. The van der Waals surface area contributed by atoms with E-state index in [0.29, 0.717) is 61.7 Å². The van der Waals surface area contributed by atoms with Crippen molar-refractivity contribution in [2.75, 3.05) is 45.4 Å². The van der Waals surface area contributed by atoms with Crippen molar-refractivity contribution in [3.8, 4) is 11.5 Å². The molecule has 11 nitrogen and oxygen atoms in total. The number of hydrogen-bond acceptors (Lipinski definition) is 11. The van der Waals surface area contributed by atoms with Gasteiger partial charge >= 0.3 is 6.09 Å². The molecule has 7 atom stereocenters. The smallest absolute Gasteiger partial charge is 0.410 e. The molecule has 3 aromatic carbocycles. The number of carbonyl (C=O) groups excluding carboxylic acids is 1. The maximum absolute atomic E-state index is 14.7. The molecule has 1 amide bonds. The van der Waals surface area contributed by atoms with Gasteiger partial charge in [-0.05, 0) is 110 Å². The van der Waals surface area contributed by atoms with Gasteiger partial charge in [0.1, 0.15) is 23.4 Å². The van der Waals surface area contributed by atoms with Gasteiger partial charge in [0.15, 0.2) is 0 Å². The molecule has 0 aromatic heterocycles. The lowest BCUT2D eigenvalue weighted by Crippen LogP contribution is -2.70. The molecule has 2 N–H and O–H groups in total. The van der Waals surface area contributed by atoms with Crippen LogP contribution in [0.2, 0.25) is 0 Å². The zero-order chi connectivity index (χ0) is 45.4. The van der Waals surface area contributed by atoms with Crippen molar-refractivity contribution in [3.05, 3.63) is 127 Å². The molecule has 4 aliphatic rings. The molecular weight excluding hydrogens is 848 g/mol. The van der Waals surface area contributed by atoms with Crippen molar-refractivity contribution in [1.82, 2.24) is 4.90 Å². The number of fused-ring (bicyclic) bond motifs is 2. The van der Waals surface area contributed by atoms with Gasteiger partial charge in [-0.2, -0.15) is 0 Å². The minimum Gasteiger partial charge on any atom is -0.493 e. The first-order valence-corrected chi connectivity index (χ1v) is 24.3. The maximum atomic E-state index is 14.7. The zero-order valence-corrected chi connectivity index (χ0v) is 38.2.